The summed E-state index contributed by atoms with van der Waals surface area (Å²) in [6.45, 7) is 8.81. The van der Waals surface area contributed by atoms with Crippen LogP contribution in [-0.4, -0.2) is 24.4 Å². The molecule has 2 heteroatoms. The van der Waals surface area contributed by atoms with Crippen molar-refractivity contribution in [3.63, 3.8) is 0 Å². The lowest BCUT2D eigenvalue weighted by atomic mass is 10.2. The maximum atomic E-state index is 11.4. The summed E-state index contributed by atoms with van der Waals surface area (Å²) in [5.74, 6) is 0.855. The maximum absolute atomic E-state index is 11.4. The van der Waals surface area contributed by atoms with Gasteiger partial charge in [-0.3, -0.25) is 4.79 Å². The highest BCUT2D eigenvalue weighted by Gasteiger charge is 2.10. The first-order valence-electron chi connectivity index (χ1n) is 4.86. The second kappa shape index (κ2) is 5.79. The van der Waals surface area contributed by atoms with Crippen LogP contribution in [-0.2, 0) is 4.79 Å². The molecule has 0 aliphatic rings. The van der Waals surface area contributed by atoms with E-state index in [9.17, 15) is 4.79 Å². The molecule has 0 rings (SSSR count). The third-order valence-corrected chi connectivity index (χ3v) is 1.77. The van der Waals surface area contributed by atoms with Gasteiger partial charge in [-0.1, -0.05) is 39.8 Å². The number of carbonyl (C=O) groups is 1. The largest absolute Gasteiger partial charge is 0.342 e. The van der Waals surface area contributed by atoms with Gasteiger partial charge in [0.1, 0.15) is 0 Å². The number of carbonyl (C=O) groups excluding carboxylic acids is 1. The summed E-state index contributed by atoms with van der Waals surface area (Å²) in [5, 5.41) is 0. The van der Waals surface area contributed by atoms with E-state index in [0.717, 1.165) is 6.54 Å². The second-order valence-electron chi connectivity index (χ2n) is 4.05. The number of hydrogen-bond acceptors (Lipinski definition) is 1. The predicted molar refractivity (Wildman–Crippen MR) is 56.5 cm³/mol. The molecule has 0 aliphatic carbocycles. The lowest BCUT2D eigenvalue weighted by Crippen LogP contribution is -2.30. The van der Waals surface area contributed by atoms with Crippen LogP contribution < -0.4 is 0 Å². The monoisotopic (exact) mass is 183 g/mol. The molecule has 0 atom stereocenters. The molecular formula is C11H21NO. The molecule has 1 amide bonds. The first-order valence-corrected chi connectivity index (χ1v) is 4.86. The van der Waals surface area contributed by atoms with E-state index in [2.05, 4.69) is 19.9 Å². The van der Waals surface area contributed by atoms with E-state index in [1.165, 1.54) is 0 Å². The van der Waals surface area contributed by atoms with Crippen molar-refractivity contribution < 1.29 is 4.79 Å². The Morgan fingerprint density at radius 1 is 1.31 bits per heavy atom. The van der Waals surface area contributed by atoms with Gasteiger partial charge in [0.2, 0.25) is 5.91 Å². The van der Waals surface area contributed by atoms with Crippen molar-refractivity contribution in [2.75, 3.05) is 13.6 Å². The van der Waals surface area contributed by atoms with E-state index >= 15 is 0 Å². The fourth-order valence-corrected chi connectivity index (χ4v) is 1.02. The Kier molecular flexibility index (Phi) is 5.44. The third kappa shape index (κ3) is 5.45. The number of allylic oxidation sites excluding steroid dienone is 1. The molecular weight excluding hydrogens is 162 g/mol. The lowest BCUT2D eigenvalue weighted by Gasteiger charge is -2.17. The number of nitrogens with zero attached hydrogens (tertiary/aromatic N) is 1. The smallest absolute Gasteiger partial charge is 0.225 e. The zero-order valence-corrected chi connectivity index (χ0v) is 9.37. The lowest BCUT2D eigenvalue weighted by molar-refractivity contribution is -0.132. The third-order valence-electron chi connectivity index (χ3n) is 1.77. The van der Waals surface area contributed by atoms with Gasteiger partial charge < -0.3 is 4.90 Å². The van der Waals surface area contributed by atoms with E-state index in [-0.39, 0.29) is 11.8 Å². The van der Waals surface area contributed by atoms with Crippen LogP contribution in [0.2, 0.25) is 0 Å². The zero-order valence-electron chi connectivity index (χ0n) is 9.37. The summed E-state index contributed by atoms with van der Waals surface area (Å²) in [4.78, 5) is 13.2. The molecule has 13 heavy (non-hydrogen) atoms. The van der Waals surface area contributed by atoms with Gasteiger partial charge >= 0.3 is 0 Å². The van der Waals surface area contributed by atoms with Gasteiger partial charge in [-0.05, 0) is 5.92 Å². The van der Waals surface area contributed by atoms with Crippen LogP contribution in [0.4, 0.5) is 0 Å². The number of likely N-dealkylation sites (N-methyl/N-ethyl adjacent to an activating group) is 1. The van der Waals surface area contributed by atoms with Crippen molar-refractivity contribution >= 4 is 5.91 Å². The SMILES string of the molecule is CC(C)/C=C/CN(C)C(=O)C(C)C. The average molecular weight is 183 g/mol. The van der Waals surface area contributed by atoms with Gasteiger partial charge in [0.15, 0.2) is 0 Å². The van der Waals surface area contributed by atoms with Crippen molar-refractivity contribution in [3.8, 4) is 0 Å². The van der Waals surface area contributed by atoms with Crippen LogP contribution in [0.5, 0.6) is 0 Å². The molecule has 0 aliphatic heterocycles. The van der Waals surface area contributed by atoms with Crippen molar-refractivity contribution in [3.05, 3.63) is 12.2 Å². The quantitative estimate of drug-likeness (QED) is 0.612. The standard InChI is InChI=1S/C11H21NO/c1-9(2)7-6-8-12(5)11(13)10(3)4/h6-7,9-10H,8H2,1-5H3/b7-6+. The highest BCUT2D eigenvalue weighted by molar-refractivity contribution is 5.77. The molecule has 0 spiro atoms. The normalized spacial score (nSPS) is 11.6. The molecule has 0 N–H and O–H groups in total. The van der Waals surface area contributed by atoms with Crippen molar-refractivity contribution in [1.29, 1.82) is 0 Å². The summed E-state index contributed by atoms with van der Waals surface area (Å²) < 4.78 is 0. The van der Waals surface area contributed by atoms with E-state index in [1.807, 2.05) is 27.0 Å². The molecule has 0 heterocycles. The Morgan fingerprint density at radius 3 is 2.23 bits per heavy atom. The first kappa shape index (κ1) is 12.2. The summed E-state index contributed by atoms with van der Waals surface area (Å²) in [6, 6.07) is 0. The van der Waals surface area contributed by atoms with Crippen LogP contribution in [0.25, 0.3) is 0 Å². The molecule has 0 saturated carbocycles. The molecule has 76 valence electrons. The summed E-state index contributed by atoms with van der Waals surface area (Å²) in [5.41, 5.74) is 0. The minimum Gasteiger partial charge on any atom is -0.342 e. The topological polar surface area (TPSA) is 20.3 Å². The maximum Gasteiger partial charge on any atom is 0.225 e. The molecule has 0 saturated heterocycles. The van der Waals surface area contributed by atoms with Crippen LogP contribution in [0, 0.1) is 11.8 Å². The van der Waals surface area contributed by atoms with E-state index in [1.54, 1.807) is 4.90 Å². The Labute approximate surface area is 81.6 Å². The van der Waals surface area contributed by atoms with E-state index in [0.29, 0.717) is 5.92 Å². The summed E-state index contributed by atoms with van der Waals surface area (Å²) in [7, 11) is 1.84. The Hall–Kier alpha value is -0.790. The minimum atomic E-state index is 0.0949. The minimum absolute atomic E-state index is 0.0949. The average Bonchev–Trinajstić information content (AvgIpc) is 2.02. The first-order chi connectivity index (χ1) is 5.95. The van der Waals surface area contributed by atoms with Crippen LogP contribution in [0.1, 0.15) is 27.7 Å². The molecule has 0 aromatic heterocycles. The van der Waals surface area contributed by atoms with Crippen molar-refractivity contribution in [2.24, 2.45) is 11.8 Å². The van der Waals surface area contributed by atoms with Crippen LogP contribution in [0.15, 0.2) is 12.2 Å². The predicted octanol–water partition coefficient (Wildman–Crippen LogP) is 2.31. The highest BCUT2D eigenvalue weighted by atomic mass is 16.2. The van der Waals surface area contributed by atoms with Crippen LogP contribution in [0.3, 0.4) is 0 Å². The molecule has 0 fully saturated rings. The summed E-state index contributed by atoms with van der Waals surface area (Å²) >= 11 is 0. The second-order valence-corrected chi connectivity index (χ2v) is 4.05. The van der Waals surface area contributed by atoms with Crippen LogP contribution >= 0.6 is 0 Å². The number of rotatable bonds is 4. The fraction of sp³-hybridized carbons (Fsp3) is 0.727. The molecule has 0 aromatic rings. The van der Waals surface area contributed by atoms with E-state index < -0.39 is 0 Å². The van der Waals surface area contributed by atoms with Gasteiger partial charge in [-0.25, -0.2) is 0 Å². The van der Waals surface area contributed by atoms with Gasteiger partial charge in [0.05, 0.1) is 0 Å². The van der Waals surface area contributed by atoms with Crippen molar-refractivity contribution in [2.45, 2.75) is 27.7 Å². The number of hydrogen-bond donors (Lipinski definition) is 0. The van der Waals surface area contributed by atoms with Crippen molar-refractivity contribution in [1.82, 2.24) is 4.90 Å². The van der Waals surface area contributed by atoms with Gasteiger partial charge in [-0.2, -0.15) is 0 Å². The molecule has 0 aromatic carbocycles. The Bertz CT molecular complexity index is 183. The molecule has 0 unspecified atom stereocenters. The Morgan fingerprint density at radius 2 is 1.85 bits per heavy atom. The zero-order chi connectivity index (χ0) is 10.4. The number of amides is 1. The van der Waals surface area contributed by atoms with E-state index in [4.69, 9.17) is 0 Å². The molecule has 2 nitrogen and oxygen atoms in total. The van der Waals surface area contributed by atoms with Gasteiger partial charge in [-0.15, -0.1) is 0 Å². The Balaban J connectivity index is 3.87. The highest BCUT2D eigenvalue weighted by Crippen LogP contribution is 1.99. The molecule has 0 radical (unpaired) electrons. The fourth-order valence-electron chi connectivity index (χ4n) is 1.02. The van der Waals surface area contributed by atoms with Gasteiger partial charge in [0.25, 0.3) is 0 Å². The summed E-state index contributed by atoms with van der Waals surface area (Å²) in [6.07, 6.45) is 4.16. The van der Waals surface area contributed by atoms with Gasteiger partial charge in [0, 0.05) is 19.5 Å². The molecule has 0 bridgehead atoms.